The molecule has 4 rings (SSSR count). The first kappa shape index (κ1) is 32.5. The number of carbonyl (C=O) groups excluding carboxylic acids is 1. The molecule has 0 aliphatic heterocycles. The number of hydrogen-bond donors (Lipinski definition) is 4. The molecule has 2 atom stereocenters. The summed E-state index contributed by atoms with van der Waals surface area (Å²) in [6, 6.07) is 20.3. The van der Waals surface area contributed by atoms with Crippen LogP contribution in [0, 0.1) is 5.92 Å². The van der Waals surface area contributed by atoms with Gasteiger partial charge in [0.2, 0.25) is 10.0 Å². The lowest BCUT2D eigenvalue weighted by Crippen LogP contribution is -2.48. The van der Waals surface area contributed by atoms with E-state index in [1.807, 2.05) is 24.3 Å². The number of ether oxygens (including phenoxy) is 2. The predicted molar refractivity (Wildman–Crippen MR) is 167 cm³/mol. The Labute approximate surface area is 255 Å². The normalized spacial score (nSPS) is 15.4. The number of carbonyl (C=O) groups is 1. The zero-order valence-corrected chi connectivity index (χ0v) is 25.7. The first-order valence-electron chi connectivity index (χ1n) is 14.8. The summed E-state index contributed by atoms with van der Waals surface area (Å²) >= 11 is 0. The van der Waals surface area contributed by atoms with E-state index in [1.54, 1.807) is 50.6 Å². The number of amides is 1. The van der Waals surface area contributed by atoms with Gasteiger partial charge in [-0.15, -0.1) is 0 Å². The van der Waals surface area contributed by atoms with Crippen LogP contribution in [0.4, 0.5) is 0 Å². The van der Waals surface area contributed by atoms with Gasteiger partial charge in [0.15, 0.2) is 0 Å². The largest absolute Gasteiger partial charge is 0.497 e. The van der Waals surface area contributed by atoms with E-state index in [9.17, 15) is 18.3 Å². The number of aliphatic hydroxyl groups excluding tert-OH is 1. The first-order valence-corrected chi connectivity index (χ1v) is 16.3. The molecule has 1 aliphatic rings. The first-order chi connectivity index (χ1) is 20.8. The average Bonchev–Trinajstić information content (AvgIpc) is 3.04. The van der Waals surface area contributed by atoms with Crippen LogP contribution in [0.15, 0.2) is 77.7 Å². The highest BCUT2D eigenvalue weighted by atomic mass is 32.2. The van der Waals surface area contributed by atoms with E-state index in [1.165, 1.54) is 18.6 Å². The Morgan fingerprint density at radius 1 is 0.884 bits per heavy atom. The van der Waals surface area contributed by atoms with Crippen LogP contribution in [0.25, 0.3) is 0 Å². The fourth-order valence-electron chi connectivity index (χ4n) is 5.48. The van der Waals surface area contributed by atoms with Crippen LogP contribution in [0.1, 0.15) is 60.0 Å². The van der Waals surface area contributed by atoms with Gasteiger partial charge in [-0.2, -0.15) is 0 Å². The van der Waals surface area contributed by atoms with Crippen LogP contribution >= 0.6 is 0 Å². The molecule has 43 heavy (non-hydrogen) atoms. The van der Waals surface area contributed by atoms with Crippen molar-refractivity contribution in [1.29, 1.82) is 0 Å². The highest BCUT2D eigenvalue weighted by Crippen LogP contribution is 2.28. The fourth-order valence-corrected chi connectivity index (χ4v) is 6.55. The monoisotopic (exact) mass is 609 g/mol. The summed E-state index contributed by atoms with van der Waals surface area (Å²) in [7, 11) is -0.707. The fraction of sp³-hybridized carbons (Fsp3) is 0.424. The summed E-state index contributed by atoms with van der Waals surface area (Å²) in [6.45, 7) is 0.910. The second kappa shape index (κ2) is 15.9. The quantitative estimate of drug-likeness (QED) is 0.201. The van der Waals surface area contributed by atoms with Gasteiger partial charge in [0.05, 0.1) is 31.3 Å². The van der Waals surface area contributed by atoms with E-state index in [0.29, 0.717) is 24.6 Å². The van der Waals surface area contributed by atoms with E-state index in [0.717, 1.165) is 42.6 Å². The van der Waals surface area contributed by atoms with Crippen LogP contribution in [0.2, 0.25) is 0 Å². The van der Waals surface area contributed by atoms with Gasteiger partial charge in [-0.05, 0) is 65.9 Å². The van der Waals surface area contributed by atoms with Crippen molar-refractivity contribution in [2.24, 2.45) is 5.92 Å². The maximum Gasteiger partial charge on any atom is 0.251 e. The molecule has 232 valence electrons. The van der Waals surface area contributed by atoms with Gasteiger partial charge in [-0.1, -0.05) is 62.4 Å². The summed E-state index contributed by atoms with van der Waals surface area (Å²) in [4.78, 5) is 13.4. The van der Waals surface area contributed by atoms with Crippen molar-refractivity contribution in [1.82, 2.24) is 15.4 Å². The zero-order chi connectivity index (χ0) is 30.7. The molecular formula is C33H43N3O6S. The smallest absolute Gasteiger partial charge is 0.251 e. The standard InChI is InChI=1S/C33H43N3O6S/c1-41-28-14-6-11-25(17-28)21-34-23-32(37)31(19-24-9-4-3-5-10-24)36-33(38)27-13-8-16-30(20-27)43(39,40)35-22-26-12-7-15-29(18-26)42-2/h6-8,11-18,20,24,31-32,34-35,37H,3-5,9-10,19,21-23H2,1-2H3,(H,36,38)/t31-,32-/m0/s1. The van der Waals surface area contributed by atoms with Gasteiger partial charge < -0.3 is 25.2 Å². The van der Waals surface area contributed by atoms with Crippen LogP contribution in [0.3, 0.4) is 0 Å². The third-order valence-corrected chi connectivity index (χ3v) is 9.32. The predicted octanol–water partition coefficient (Wildman–Crippen LogP) is 4.40. The van der Waals surface area contributed by atoms with Gasteiger partial charge >= 0.3 is 0 Å². The highest BCUT2D eigenvalue weighted by Gasteiger charge is 2.27. The minimum atomic E-state index is -3.88. The minimum absolute atomic E-state index is 0.00705. The molecule has 1 fully saturated rings. The molecule has 0 unspecified atom stereocenters. The molecular weight excluding hydrogens is 566 g/mol. The molecule has 1 amide bonds. The molecule has 0 bridgehead atoms. The lowest BCUT2D eigenvalue weighted by Gasteiger charge is -2.30. The van der Waals surface area contributed by atoms with E-state index >= 15 is 0 Å². The van der Waals surface area contributed by atoms with Crippen molar-refractivity contribution in [3.8, 4) is 11.5 Å². The van der Waals surface area contributed by atoms with E-state index < -0.39 is 28.1 Å². The van der Waals surface area contributed by atoms with E-state index in [-0.39, 0.29) is 23.5 Å². The Hall–Kier alpha value is -3.44. The van der Waals surface area contributed by atoms with Gasteiger partial charge in [0, 0.05) is 25.2 Å². The Morgan fingerprint density at radius 2 is 1.51 bits per heavy atom. The van der Waals surface area contributed by atoms with Crippen LogP contribution < -0.4 is 24.8 Å². The number of methoxy groups -OCH3 is 2. The second-order valence-corrected chi connectivity index (χ2v) is 12.8. The molecule has 9 nitrogen and oxygen atoms in total. The lowest BCUT2D eigenvalue weighted by atomic mass is 9.83. The number of sulfonamides is 1. The maximum absolute atomic E-state index is 13.4. The molecule has 1 aliphatic carbocycles. The molecule has 10 heteroatoms. The molecule has 0 radical (unpaired) electrons. The number of nitrogens with one attached hydrogen (secondary N) is 3. The van der Waals surface area contributed by atoms with Gasteiger partial charge in [-0.25, -0.2) is 13.1 Å². The third kappa shape index (κ3) is 9.79. The van der Waals surface area contributed by atoms with Crippen molar-refractivity contribution < 1.29 is 27.8 Å². The summed E-state index contributed by atoms with van der Waals surface area (Å²) in [5.74, 6) is 1.40. The molecule has 0 aromatic heterocycles. The number of aliphatic hydroxyl groups is 1. The maximum atomic E-state index is 13.4. The van der Waals surface area contributed by atoms with Crippen LogP contribution in [-0.2, 0) is 23.1 Å². The average molecular weight is 610 g/mol. The molecule has 3 aromatic rings. The Balaban J connectivity index is 1.41. The number of benzene rings is 3. The second-order valence-electron chi connectivity index (χ2n) is 11.1. The number of hydrogen-bond acceptors (Lipinski definition) is 7. The summed E-state index contributed by atoms with van der Waals surface area (Å²) in [5, 5.41) is 17.5. The van der Waals surface area contributed by atoms with Crippen molar-refractivity contribution in [2.45, 2.75) is 68.7 Å². The van der Waals surface area contributed by atoms with E-state index in [4.69, 9.17) is 9.47 Å². The van der Waals surface area contributed by atoms with Gasteiger partial charge in [-0.3, -0.25) is 4.79 Å². The molecule has 0 spiro atoms. The lowest BCUT2D eigenvalue weighted by molar-refractivity contribution is 0.0776. The highest BCUT2D eigenvalue weighted by molar-refractivity contribution is 7.89. The molecule has 1 saturated carbocycles. The summed E-state index contributed by atoms with van der Waals surface area (Å²) in [5.41, 5.74) is 1.99. The minimum Gasteiger partial charge on any atom is -0.497 e. The third-order valence-electron chi connectivity index (χ3n) is 7.92. The van der Waals surface area contributed by atoms with Crippen molar-refractivity contribution in [3.63, 3.8) is 0 Å². The molecule has 0 heterocycles. The molecule has 0 saturated heterocycles. The Morgan fingerprint density at radius 3 is 2.16 bits per heavy atom. The van der Waals surface area contributed by atoms with Gasteiger partial charge in [0.25, 0.3) is 5.91 Å². The van der Waals surface area contributed by atoms with Crippen LogP contribution in [0.5, 0.6) is 11.5 Å². The van der Waals surface area contributed by atoms with Crippen molar-refractivity contribution >= 4 is 15.9 Å². The molecule has 4 N–H and O–H groups in total. The van der Waals surface area contributed by atoms with Crippen molar-refractivity contribution in [3.05, 3.63) is 89.5 Å². The Kier molecular flexibility index (Phi) is 12.0. The Bertz CT molecular complexity index is 1440. The number of rotatable bonds is 15. The summed E-state index contributed by atoms with van der Waals surface area (Å²) in [6.07, 6.45) is 5.49. The van der Waals surface area contributed by atoms with Gasteiger partial charge in [0.1, 0.15) is 11.5 Å². The summed E-state index contributed by atoms with van der Waals surface area (Å²) < 4.78 is 39.2. The molecule has 3 aromatic carbocycles. The van der Waals surface area contributed by atoms with E-state index in [2.05, 4.69) is 15.4 Å². The zero-order valence-electron chi connectivity index (χ0n) is 24.9. The van der Waals surface area contributed by atoms with Crippen LogP contribution in [-0.4, -0.2) is 52.3 Å². The van der Waals surface area contributed by atoms with Crippen molar-refractivity contribution in [2.75, 3.05) is 20.8 Å². The SMILES string of the molecule is COc1cccc(CNC[C@H](O)[C@H](CC2CCCCC2)NC(=O)c2cccc(S(=O)(=O)NCc3cccc(OC)c3)c2)c1. The topological polar surface area (TPSA) is 126 Å².